The molecule has 0 spiro atoms. The molecule has 3 heterocycles. The lowest BCUT2D eigenvalue weighted by molar-refractivity contribution is 0.0939. The zero-order chi connectivity index (χ0) is 20.4. The highest BCUT2D eigenvalue weighted by atomic mass is 35.5. The van der Waals surface area contributed by atoms with Gasteiger partial charge in [0.15, 0.2) is 5.69 Å². The molecule has 0 radical (unpaired) electrons. The van der Waals surface area contributed by atoms with Crippen molar-refractivity contribution in [3.63, 3.8) is 0 Å². The van der Waals surface area contributed by atoms with Crippen LogP contribution in [0.25, 0.3) is 0 Å². The van der Waals surface area contributed by atoms with Crippen molar-refractivity contribution < 1.29 is 17.7 Å². The maximum atomic E-state index is 13.0. The normalized spacial score (nSPS) is 18.0. The zero-order valence-corrected chi connectivity index (χ0v) is 17.5. The van der Waals surface area contributed by atoms with Crippen LogP contribution < -0.4 is 5.32 Å². The molecule has 8 nitrogen and oxygen atoms in total. The second kappa shape index (κ2) is 8.43. The average molecular weight is 439 g/mol. The minimum absolute atomic E-state index is 0.0442. The fourth-order valence-corrected chi connectivity index (χ4v) is 5.47. The summed E-state index contributed by atoms with van der Waals surface area (Å²) in [5, 5.41) is 7.13. The Morgan fingerprint density at radius 2 is 2.03 bits per heavy atom. The molecule has 0 bridgehead atoms. The number of benzene rings is 1. The van der Waals surface area contributed by atoms with Crippen molar-refractivity contribution in [3.05, 3.63) is 46.3 Å². The number of likely N-dealkylation sites (tertiary alicyclic amines) is 1. The van der Waals surface area contributed by atoms with E-state index in [1.807, 2.05) is 0 Å². The number of aromatic nitrogens is 1. The number of nitrogens with one attached hydrogen (secondary N) is 1. The number of halogens is 1. The van der Waals surface area contributed by atoms with Crippen molar-refractivity contribution in [2.24, 2.45) is 0 Å². The summed E-state index contributed by atoms with van der Waals surface area (Å²) in [6.45, 7) is 3.73. The van der Waals surface area contributed by atoms with Crippen LogP contribution in [0.1, 0.15) is 34.7 Å². The Bertz CT molecular complexity index is 1000. The van der Waals surface area contributed by atoms with Crippen LogP contribution in [0.4, 0.5) is 0 Å². The van der Waals surface area contributed by atoms with Gasteiger partial charge in [0.2, 0.25) is 10.0 Å². The van der Waals surface area contributed by atoms with E-state index in [2.05, 4.69) is 15.4 Å². The monoisotopic (exact) mass is 438 g/mol. The van der Waals surface area contributed by atoms with E-state index >= 15 is 0 Å². The minimum atomic E-state index is -3.73. The molecule has 0 saturated carbocycles. The predicted molar refractivity (Wildman–Crippen MR) is 107 cm³/mol. The van der Waals surface area contributed by atoms with E-state index in [0.29, 0.717) is 29.3 Å². The summed E-state index contributed by atoms with van der Waals surface area (Å²) < 4.78 is 32.6. The van der Waals surface area contributed by atoms with Crippen LogP contribution in [-0.4, -0.2) is 61.4 Å². The van der Waals surface area contributed by atoms with Gasteiger partial charge in [-0.25, -0.2) is 8.42 Å². The molecular weight excluding hydrogens is 416 g/mol. The Balaban J connectivity index is 1.46. The third kappa shape index (κ3) is 4.32. The topological polar surface area (TPSA) is 95.8 Å². The molecule has 2 aliphatic rings. The van der Waals surface area contributed by atoms with Crippen molar-refractivity contribution in [2.75, 3.05) is 32.7 Å². The number of carbonyl (C=O) groups excluding carboxylic acids is 1. The number of carbonyl (C=O) groups is 1. The van der Waals surface area contributed by atoms with Crippen molar-refractivity contribution >= 4 is 27.5 Å². The fraction of sp³-hybridized carbons (Fsp3) is 0.474. The van der Waals surface area contributed by atoms with Crippen LogP contribution >= 0.6 is 11.6 Å². The van der Waals surface area contributed by atoms with Gasteiger partial charge in [-0.15, -0.1) is 0 Å². The van der Waals surface area contributed by atoms with Gasteiger partial charge in [-0.05, 0) is 44.1 Å². The summed E-state index contributed by atoms with van der Waals surface area (Å²) in [6, 6.07) is 6.16. The van der Waals surface area contributed by atoms with Crippen LogP contribution in [-0.2, 0) is 23.0 Å². The highest BCUT2D eigenvalue weighted by Crippen LogP contribution is 2.28. The predicted octanol–water partition coefficient (Wildman–Crippen LogP) is 1.90. The van der Waals surface area contributed by atoms with E-state index in [0.717, 1.165) is 19.6 Å². The summed E-state index contributed by atoms with van der Waals surface area (Å²) in [4.78, 5) is 15.0. The van der Waals surface area contributed by atoms with Crippen LogP contribution in [0.2, 0.25) is 5.02 Å². The molecule has 2 aliphatic heterocycles. The molecule has 2 aromatic rings. The number of rotatable bonds is 6. The molecule has 0 atom stereocenters. The fourth-order valence-electron chi connectivity index (χ4n) is 3.76. The smallest absolute Gasteiger partial charge is 0.273 e. The van der Waals surface area contributed by atoms with Crippen LogP contribution in [0, 0.1) is 0 Å². The van der Waals surface area contributed by atoms with Crippen LogP contribution in [0.5, 0.6) is 0 Å². The van der Waals surface area contributed by atoms with Gasteiger partial charge in [-0.2, -0.15) is 4.31 Å². The SMILES string of the molecule is O=C(NCCN1CCCC1)c1noc2c1CN(S(=O)(=O)c1cccc(Cl)c1)CC2. The van der Waals surface area contributed by atoms with Crippen LogP contribution in [0.15, 0.2) is 33.7 Å². The lowest BCUT2D eigenvalue weighted by Gasteiger charge is -2.25. The van der Waals surface area contributed by atoms with Crippen molar-refractivity contribution in [1.29, 1.82) is 0 Å². The Hall–Kier alpha value is -1.94. The molecule has 0 unspecified atom stereocenters. The van der Waals surface area contributed by atoms with E-state index in [4.69, 9.17) is 16.1 Å². The van der Waals surface area contributed by atoms with Gasteiger partial charge in [-0.3, -0.25) is 4.79 Å². The first-order chi connectivity index (χ1) is 13.9. The lowest BCUT2D eigenvalue weighted by Crippen LogP contribution is -2.37. The van der Waals surface area contributed by atoms with E-state index in [9.17, 15) is 13.2 Å². The summed E-state index contributed by atoms with van der Waals surface area (Å²) in [5.41, 5.74) is 0.688. The highest BCUT2D eigenvalue weighted by Gasteiger charge is 2.34. The van der Waals surface area contributed by atoms with Gasteiger partial charge in [-0.1, -0.05) is 22.8 Å². The van der Waals surface area contributed by atoms with Gasteiger partial charge in [0, 0.05) is 43.2 Å². The van der Waals surface area contributed by atoms with E-state index < -0.39 is 10.0 Å². The molecule has 1 amide bonds. The zero-order valence-electron chi connectivity index (χ0n) is 15.9. The quantitative estimate of drug-likeness (QED) is 0.740. The number of fused-ring (bicyclic) bond motifs is 1. The molecule has 10 heteroatoms. The molecule has 29 heavy (non-hydrogen) atoms. The second-order valence-electron chi connectivity index (χ2n) is 7.28. The first-order valence-corrected chi connectivity index (χ1v) is 11.5. The first kappa shape index (κ1) is 20.3. The van der Waals surface area contributed by atoms with Gasteiger partial charge >= 0.3 is 0 Å². The van der Waals surface area contributed by atoms with Crippen molar-refractivity contribution in [2.45, 2.75) is 30.7 Å². The van der Waals surface area contributed by atoms with Gasteiger partial charge in [0.1, 0.15) is 5.76 Å². The molecule has 1 N–H and O–H groups in total. The average Bonchev–Trinajstić information content (AvgIpc) is 3.37. The second-order valence-corrected chi connectivity index (χ2v) is 9.66. The first-order valence-electron chi connectivity index (χ1n) is 9.69. The van der Waals surface area contributed by atoms with E-state index in [1.54, 1.807) is 12.1 Å². The number of hydrogen-bond acceptors (Lipinski definition) is 6. The summed E-state index contributed by atoms with van der Waals surface area (Å²) in [7, 11) is -3.73. The van der Waals surface area contributed by atoms with Gasteiger partial charge < -0.3 is 14.7 Å². The number of hydrogen-bond donors (Lipinski definition) is 1. The molecule has 1 fully saturated rings. The molecular formula is C19H23ClN4O4S. The van der Waals surface area contributed by atoms with Crippen molar-refractivity contribution in [1.82, 2.24) is 19.7 Å². The van der Waals surface area contributed by atoms with E-state index in [1.165, 1.54) is 29.3 Å². The molecule has 1 aromatic heterocycles. The molecule has 4 rings (SSSR count). The standard InChI is InChI=1S/C19H23ClN4O4S/c20-14-4-3-5-15(12-14)29(26,27)24-10-6-17-16(13-24)18(22-28-17)19(25)21-7-11-23-8-1-2-9-23/h3-5,12H,1-2,6-11,13H2,(H,21,25). The maximum absolute atomic E-state index is 13.0. The third-order valence-electron chi connectivity index (χ3n) is 5.35. The number of nitrogens with zero attached hydrogens (tertiary/aromatic N) is 3. The molecule has 1 saturated heterocycles. The Morgan fingerprint density at radius 1 is 1.24 bits per heavy atom. The van der Waals surface area contributed by atoms with Crippen LogP contribution in [0.3, 0.4) is 0 Å². The summed E-state index contributed by atoms with van der Waals surface area (Å²) in [6.07, 6.45) is 2.76. The molecule has 156 valence electrons. The van der Waals surface area contributed by atoms with Gasteiger partial charge in [0.05, 0.1) is 4.90 Å². The molecule has 1 aromatic carbocycles. The third-order valence-corrected chi connectivity index (χ3v) is 7.43. The summed E-state index contributed by atoms with van der Waals surface area (Å²) in [5.74, 6) is 0.225. The Morgan fingerprint density at radius 3 is 2.79 bits per heavy atom. The Labute approximate surface area is 174 Å². The van der Waals surface area contributed by atoms with Gasteiger partial charge in [0.25, 0.3) is 5.91 Å². The largest absolute Gasteiger partial charge is 0.360 e. The highest BCUT2D eigenvalue weighted by molar-refractivity contribution is 7.89. The number of sulfonamides is 1. The van der Waals surface area contributed by atoms with Crippen molar-refractivity contribution in [3.8, 4) is 0 Å². The minimum Gasteiger partial charge on any atom is -0.360 e. The number of amides is 1. The Kier molecular flexibility index (Phi) is 5.91. The summed E-state index contributed by atoms with van der Waals surface area (Å²) >= 11 is 5.95. The molecule has 0 aliphatic carbocycles. The maximum Gasteiger partial charge on any atom is 0.273 e. The lowest BCUT2D eigenvalue weighted by atomic mass is 10.1. The van der Waals surface area contributed by atoms with E-state index in [-0.39, 0.29) is 29.6 Å².